The van der Waals surface area contributed by atoms with E-state index in [0.717, 1.165) is 0 Å². The van der Waals surface area contributed by atoms with E-state index in [2.05, 4.69) is 5.32 Å². The Kier molecular flexibility index (Phi) is 5.63. The van der Waals surface area contributed by atoms with E-state index in [9.17, 15) is 22.8 Å². The molecular formula is C17H15F3N2O3. The van der Waals surface area contributed by atoms with Crippen molar-refractivity contribution in [2.75, 3.05) is 7.11 Å². The average Bonchev–Trinajstić information content (AvgIpc) is 2.53. The molecule has 0 saturated heterocycles. The van der Waals surface area contributed by atoms with Crippen molar-refractivity contribution in [2.24, 2.45) is 5.73 Å². The number of hydrogen-bond donors (Lipinski definition) is 2. The molecule has 0 fully saturated rings. The fraction of sp³-hybridized carbons (Fsp3) is 0.176. The van der Waals surface area contributed by atoms with E-state index in [1.54, 1.807) is 24.3 Å². The van der Waals surface area contributed by atoms with Gasteiger partial charge in [-0.15, -0.1) is 0 Å². The number of ether oxygens (including phenoxy) is 1. The zero-order valence-corrected chi connectivity index (χ0v) is 13.2. The van der Waals surface area contributed by atoms with Crippen LogP contribution in [0.3, 0.4) is 0 Å². The Labute approximate surface area is 141 Å². The number of primary amides is 1. The molecule has 0 unspecified atom stereocenters. The summed E-state index contributed by atoms with van der Waals surface area (Å²) in [6.45, 7) is 0. The number of nitrogens with one attached hydrogen (secondary N) is 1. The monoisotopic (exact) mass is 352 g/mol. The van der Waals surface area contributed by atoms with Crippen LogP contribution in [0.5, 0.6) is 5.75 Å². The summed E-state index contributed by atoms with van der Waals surface area (Å²) in [5.74, 6) is -5.39. The molecule has 0 aliphatic carbocycles. The SMILES string of the molecule is COc1ccc(C[C@@H](NC(=O)c2c(F)cc(F)cc2F)C(N)=O)cc1. The van der Waals surface area contributed by atoms with Gasteiger partial charge in [0.2, 0.25) is 5.91 Å². The first kappa shape index (κ1) is 18.3. The first-order valence-electron chi connectivity index (χ1n) is 7.19. The van der Waals surface area contributed by atoms with Crippen LogP contribution >= 0.6 is 0 Å². The summed E-state index contributed by atoms with van der Waals surface area (Å²) in [6.07, 6.45) is 0.00942. The lowest BCUT2D eigenvalue weighted by Gasteiger charge is -2.16. The second-order valence-corrected chi connectivity index (χ2v) is 5.23. The summed E-state index contributed by atoms with van der Waals surface area (Å²) in [4.78, 5) is 23.6. The summed E-state index contributed by atoms with van der Waals surface area (Å²) >= 11 is 0. The van der Waals surface area contributed by atoms with Gasteiger partial charge >= 0.3 is 0 Å². The van der Waals surface area contributed by atoms with Crippen molar-refractivity contribution in [3.05, 3.63) is 65.0 Å². The third-order valence-electron chi connectivity index (χ3n) is 3.48. The fourth-order valence-corrected chi connectivity index (χ4v) is 2.21. The highest BCUT2D eigenvalue weighted by Crippen LogP contribution is 2.16. The van der Waals surface area contributed by atoms with Crippen LogP contribution < -0.4 is 15.8 Å². The van der Waals surface area contributed by atoms with Crippen molar-refractivity contribution in [3.63, 3.8) is 0 Å². The molecule has 8 heteroatoms. The number of nitrogens with two attached hydrogens (primary N) is 1. The Morgan fingerprint density at radius 3 is 2.16 bits per heavy atom. The Balaban J connectivity index is 2.18. The molecule has 2 aromatic rings. The molecule has 1 atom stereocenters. The summed E-state index contributed by atoms with van der Waals surface area (Å²) in [5, 5.41) is 2.16. The summed E-state index contributed by atoms with van der Waals surface area (Å²) < 4.78 is 45.2. The highest BCUT2D eigenvalue weighted by molar-refractivity contribution is 5.97. The standard InChI is InChI=1S/C17H15F3N2O3/c1-25-11-4-2-9(3-5-11)6-14(16(21)23)22-17(24)15-12(19)7-10(18)8-13(15)20/h2-5,7-8,14H,6H2,1H3,(H2,21,23)(H,22,24)/t14-/m1/s1. The molecule has 0 aliphatic heterocycles. The second kappa shape index (κ2) is 7.69. The summed E-state index contributed by atoms with van der Waals surface area (Å²) in [7, 11) is 1.49. The molecule has 3 N–H and O–H groups in total. The quantitative estimate of drug-likeness (QED) is 0.834. The molecule has 2 rings (SSSR count). The number of rotatable bonds is 6. The number of amides is 2. The highest BCUT2D eigenvalue weighted by Gasteiger charge is 2.24. The third-order valence-corrected chi connectivity index (χ3v) is 3.48. The maximum Gasteiger partial charge on any atom is 0.257 e. The van der Waals surface area contributed by atoms with Gasteiger partial charge in [0.1, 0.15) is 34.8 Å². The van der Waals surface area contributed by atoms with Crippen LogP contribution in [0.2, 0.25) is 0 Å². The molecule has 0 aliphatic rings. The van der Waals surface area contributed by atoms with Gasteiger partial charge in [-0.1, -0.05) is 12.1 Å². The minimum Gasteiger partial charge on any atom is -0.497 e. The van der Waals surface area contributed by atoms with Crippen LogP contribution in [-0.2, 0) is 11.2 Å². The van der Waals surface area contributed by atoms with Crippen molar-refractivity contribution < 1.29 is 27.5 Å². The van der Waals surface area contributed by atoms with Gasteiger partial charge in [-0.05, 0) is 17.7 Å². The topological polar surface area (TPSA) is 81.4 Å². The first-order valence-corrected chi connectivity index (χ1v) is 7.19. The minimum atomic E-state index is -1.37. The number of carbonyl (C=O) groups is 2. The molecule has 5 nitrogen and oxygen atoms in total. The highest BCUT2D eigenvalue weighted by atomic mass is 19.1. The molecular weight excluding hydrogens is 337 g/mol. The zero-order chi connectivity index (χ0) is 18.6. The summed E-state index contributed by atoms with van der Waals surface area (Å²) in [5.41, 5.74) is 4.90. The third kappa shape index (κ3) is 4.50. The van der Waals surface area contributed by atoms with Crippen molar-refractivity contribution in [1.29, 1.82) is 0 Å². The smallest absolute Gasteiger partial charge is 0.257 e. The van der Waals surface area contributed by atoms with E-state index in [4.69, 9.17) is 10.5 Å². The van der Waals surface area contributed by atoms with Gasteiger partial charge in [0, 0.05) is 18.6 Å². The van der Waals surface area contributed by atoms with E-state index in [1.165, 1.54) is 7.11 Å². The predicted molar refractivity (Wildman–Crippen MR) is 83.5 cm³/mol. The number of halogens is 3. The van der Waals surface area contributed by atoms with E-state index in [0.29, 0.717) is 23.4 Å². The van der Waals surface area contributed by atoms with Gasteiger partial charge in [-0.2, -0.15) is 0 Å². The molecule has 2 aromatic carbocycles. The van der Waals surface area contributed by atoms with Gasteiger partial charge in [-0.3, -0.25) is 9.59 Å². The molecule has 0 bridgehead atoms. The van der Waals surface area contributed by atoms with Gasteiger partial charge in [0.05, 0.1) is 7.11 Å². The van der Waals surface area contributed by atoms with E-state index in [-0.39, 0.29) is 6.42 Å². The molecule has 0 radical (unpaired) electrons. The molecule has 25 heavy (non-hydrogen) atoms. The molecule has 132 valence electrons. The minimum absolute atomic E-state index is 0.00942. The number of hydrogen-bond acceptors (Lipinski definition) is 3. The molecule has 0 aromatic heterocycles. The average molecular weight is 352 g/mol. The predicted octanol–water partition coefficient (Wildman–Crippen LogP) is 1.94. The van der Waals surface area contributed by atoms with Crippen LogP contribution in [0, 0.1) is 17.5 Å². The van der Waals surface area contributed by atoms with Crippen molar-refractivity contribution in [2.45, 2.75) is 12.5 Å². The molecule has 0 saturated carbocycles. The number of methoxy groups -OCH3 is 1. The van der Waals surface area contributed by atoms with Crippen LogP contribution in [0.25, 0.3) is 0 Å². The Hall–Kier alpha value is -3.03. The van der Waals surface area contributed by atoms with E-state index in [1.807, 2.05) is 0 Å². The van der Waals surface area contributed by atoms with Gasteiger partial charge < -0.3 is 15.8 Å². The lowest BCUT2D eigenvalue weighted by molar-refractivity contribution is -0.119. The Morgan fingerprint density at radius 2 is 1.68 bits per heavy atom. The van der Waals surface area contributed by atoms with Gasteiger partial charge in [0.15, 0.2) is 0 Å². The van der Waals surface area contributed by atoms with Gasteiger partial charge in [-0.25, -0.2) is 13.2 Å². The van der Waals surface area contributed by atoms with E-state index < -0.39 is 40.9 Å². The first-order chi connectivity index (χ1) is 11.8. The normalized spacial score (nSPS) is 11.7. The number of carbonyl (C=O) groups excluding carboxylic acids is 2. The van der Waals surface area contributed by atoms with Crippen LogP contribution in [0.4, 0.5) is 13.2 Å². The van der Waals surface area contributed by atoms with Gasteiger partial charge in [0.25, 0.3) is 5.91 Å². The Bertz CT molecular complexity index is 771. The molecule has 0 heterocycles. The van der Waals surface area contributed by atoms with Crippen molar-refractivity contribution >= 4 is 11.8 Å². The largest absolute Gasteiger partial charge is 0.497 e. The molecule has 2 amide bonds. The maximum atomic E-state index is 13.7. The van der Waals surface area contributed by atoms with Crippen molar-refractivity contribution in [1.82, 2.24) is 5.32 Å². The van der Waals surface area contributed by atoms with Crippen LogP contribution in [0.1, 0.15) is 15.9 Å². The summed E-state index contributed by atoms with van der Waals surface area (Å²) in [6, 6.07) is 6.15. The van der Waals surface area contributed by atoms with Crippen molar-refractivity contribution in [3.8, 4) is 5.75 Å². The lowest BCUT2D eigenvalue weighted by atomic mass is 10.0. The number of benzene rings is 2. The fourth-order valence-electron chi connectivity index (χ4n) is 2.21. The van der Waals surface area contributed by atoms with Crippen LogP contribution in [0.15, 0.2) is 36.4 Å². The Morgan fingerprint density at radius 1 is 1.12 bits per heavy atom. The van der Waals surface area contributed by atoms with E-state index >= 15 is 0 Å². The van der Waals surface area contributed by atoms with Crippen LogP contribution in [-0.4, -0.2) is 25.0 Å². The zero-order valence-electron chi connectivity index (χ0n) is 13.2. The molecule has 0 spiro atoms. The second-order valence-electron chi connectivity index (χ2n) is 5.23. The lowest BCUT2D eigenvalue weighted by Crippen LogP contribution is -2.46. The maximum absolute atomic E-state index is 13.7.